The van der Waals surface area contributed by atoms with E-state index in [9.17, 15) is 9.59 Å². The average molecular weight is 377 g/mol. The molecule has 1 N–H and O–H groups in total. The Kier molecular flexibility index (Phi) is 5.25. The maximum absolute atomic E-state index is 11.9. The lowest BCUT2D eigenvalue weighted by molar-refractivity contribution is -0.146. The zero-order valence-corrected chi connectivity index (χ0v) is 15.2. The molecule has 0 saturated heterocycles. The van der Waals surface area contributed by atoms with Crippen molar-refractivity contribution in [2.45, 2.75) is 20.3 Å². The van der Waals surface area contributed by atoms with Crippen molar-refractivity contribution < 1.29 is 18.7 Å². The highest BCUT2D eigenvalue weighted by molar-refractivity contribution is 7.14. The van der Waals surface area contributed by atoms with E-state index in [0.29, 0.717) is 22.5 Å². The van der Waals surface area contributed by atoms with Crippen LogP contribution in [0.2, 0.25) is 0 Å². The minimum absolute atomic E-state index is 0.0512. The summed E-state index contributed by atoms with van der Waals surface area (Å²) in [6.45, 7) is 3.20. The highest BCUT2D eigenvalue weighted by Gasteiger charge is 2.17. The molecule has 0 aliphatic carbocycles. The predicted octanol–water partition coefficient (Wildman–Crippen LogP) is 3.20. The quantitative estimate of drug-likeness (QED) is 0.663. The van der Waals surface area contributed by atoms with Gasteiger partial charge < -0.3 is 9.15 Å². The van der Waals surface area contributed by atoms with E-state index in [0.717, 1.165) is 10.6 Å². The van der Waals surface area contributed by atoms with Crippen molar-refractivity contribution in [2.24, 2.45) is 0 Å². The van der Waals surface area contributed by atoms with Crippen LogP contribution in [0.4, 0.5) is 5.13 Å². The number of carbonyl (C=O) groups is 2. The highest BCUT2D eigenvalue weighted by atomic mass is 32.1. The average Bonchev–Trinajstić information content (AvgIpc) is 3.28. The van der Waals surface area contributed by atoms with Crippen LogP contribution in [-0.2, 0) is 20.7 Å². The van der Waals surface area contributed by atoms with E-state index in [2.05, 4.69) is 15.3 Å². The summed E-state index contributed by atoms with van der Waals surface area (Å²) in [5.74, 6) is 0.0636. The van der Waals surface area contributed by atoms with Crippen LogP contribution in [0.15, 0.2) is 27.3 Å². The molecule has 0 radical (unpaired) electrons. The zero-order valence-electron chi connectivity index (χ0n) is 13.6. The van der Waals surface area contributed by atoms with E-state index in [1.807, 2.05) is 29.8 Å². The molecule has 0 aliphatic heterocycles. The molecule has 9 heteroatoms. The first-order valence-corrected chi connectivity index (χ1v) is 9.15. The highest BCUT2D eigenvalue weighted by Crippen LogP contribution is 2.26. The van der Waals surface area contributed by atoms with Crippen molar-refractivity contribution in [1.82, 2.24) is 9.97 Å². The van der Waals surface area contributed by atoms with Gasteiger partial charge in [0.15, 0.2) is 11.7 Å². The maximum atomic E-state index is 11.9. The fraction of sp³-hybridized carbons (Fsp3) is 0.250. The molecule has 3 aromatic rings. The number of carbonyl (C=O) groups excluding carboxylic acids is 2. The lowest BCUT2D eigenvalue weighted by Gasteiger charge is -2.03. The number of hydrogen-bond acceptors (Lipinski definition) is 8. The number of aromatic nitrogens is 2. The first-order valence-electron chi connectivity index (χ1n) is 7.39. The molecule has 0 aliphatic rings. The van der Waals surface area contributed by atoms with Crippen LogP contribution >= 0.6 is 22.7 Å². The van der Waals surface area contributed by atoms with Gasteiger partial charge in [0.05, 0.1) is 22.7 Å². The van der Waals surface area contributed by atoms with Crippen LogP contribution < -0.4 is 5.32 Å². The second-order valence-corrected chi connectivity index (χ2v) is 6.98. The van der Waals surface area contributed by atoms with E-state index in [-0.39, 0.29) is 13.0 Å². The molecule has 0 aromatic carbocycles. The van der Waals surface area contributed by atoms with Crippen LogP contribution in [0.1, 0.15) is 17.1 Å². The largest absolute Gasteiger partial charge is 0.455 e. The smallest absolute Gasteiger partial charge is 0.312 e. The van der Waals surface area contributed by atoms with E-state index < -0.39 is 11.9 Å². The van der Waals surface area contributed by atoms with Gasteiger partial charge in [-0.3, -0.25) is 14.9 Å². The van der Waals surface area contributed by atoms with Gasteiger partial charge in [-0.15, -0.1) is 22.7 Å². The SMILES string of the molecule is Cc1csc(NC(=O)COC(=O)Cc2nc(-c3cccs3)oc2C)n1. The number of thiazole rings is 1. The van der Waals surface area contributed by atoms with Crippen LogP contribution in [0.3, 0.4) is 0 Å². The number of rotatable bonds is 6. The normalized spacial score (nSPS) is 10.6. The summed E-state index contributed by atoms with van der Waals surface area (Å²) >= 11 is 2.82. The number of nitrogens with one attached hydrogen (secondary N) is 1. The van der Waals surface area contributed by atoms with E-state index in [1.54, 1.807) is 6.92 Å². The van der Waals surface area contributed by atoms with Crippen molar-refractivity contribution in [2.75, 3.05) is 11.9 Å². The Bertz CT molecular complexity index is 883. The molecule has 0 spiro atoms. The third-order valence-electron chi connectivity index (χ3n) is 3.17. The number of aryl methyl sites for hydroxylation is 2. The Morgan fingerprint density at radius 1 is 1.28 bits per heavy atom. The number of nitrogens with zero attached hydrogens (tertiary/aromatic N) is 2. The van der Waals surface area contributed by atoms with Crippen molar-refractivity contribution in [3.05, 3.63) is 40.0 Å². The van der Waals surface area contributed by atoms with Gasteiger partial charge in [0.1, 0.15) is 5.76 Å². The number of anilines is 1. The van der Waals surface area contributed by atoms with Gasteiger partial charge in [-0.1, -0.05) is 6.07 Å². The van der Waals surface area contributed by atoms with Gasteiger partial charge in [0.25, 0.3) is 5.91 Å². The standard InChI is InChI=1S/C16H15N3O4S2/c1-9-8-25-16(17-9)19-13(20)7-22-14(21)6-11-10(2)23-15(18-11)12-4-3-5-24-12/h3-5,8H,6-7H2,1-2H3,(H,17,19,20). The van der Waals surface area contributed by atoms with Crippen molar-refractivity contribution in [3.8, 4) is 10.8 Å². The van der Waals surface area contributed by atoms with Gasteiger partial charge in [-0.05, 0) is 25.3 Å². The van der Waals surface area contributed by atoms with E-state index >= 15 is 0 Å². The summed E-state index contributed by atoms with van der Waals surface area (Å²) in [7, 11) is 0. The molecule has 25 heavy (non-hydrogen) atoms. The molecular formula is C16H15N3O4S2. The Morgan fingerprint density at radius 2 is 2.12 bits per heavy atom. The maximum Gasteiger partial charge on any atom is 0.312 e. The van der Waals surface area contributed by atoms with Crippen LogP contribution in [0.5, 0.6) is 0 Å². The summed E-state index contributed by atoms with van der Waals surface area (Å²) in [6, 6.07) is 3.79. The van der Waals surface area contributed by atoms with Gasteiger partial charge in [0.2, 0.25) is 5.89 Å². The second kappa shape index (κ2) is 7.58. The summed E-state index contributed by atoms with van der Waals surface area (Å²) in [4.78, 5) is 33.0. The van der Waals surface area contributed by atoms with Crippen molar-refractivity contribution in [1.29, 1.82) is 0 Å². The molecule has 7 nitrogen and oxygen atoms in total. The number of ether oxygens (including phenoxy) is 1. The third kappa shape index (κ3) is 4.52. The van der Waals surface area contributed by atoms with Crippen LogP contribution in [0.25, 0.3) is 10.8 Å². The number of amides is 1. The molecule has 3 aromatic heterocycles. The van der Waals surface area contributed by atoms with E-state index in [1.165, 1.54) is 22.7 Å². The van der Waals surface area contributed by atoms with Crippen LogP contribution in [-0.4, -0.2) is 28.5 Å². The molecular weight excluding hydrogens is 362 g/mol. The lowest BCUT2D eigenvalue weighted by Crippen LogP contribution is -2.21. The molecule has 1 amide bonds. The Balaban J connectivity index is 1.51. The molecule has 0 unspecified atom stereocenters. The summed E-state index contributed by atoms with van der Waals surface area (Å²) in [5, 5.41) is 6.79. The Morgan fingerprint density at radius 3 is 2.80 bits per heavy atom. The summed E-state index contributed by atoms with van der Waals surface area (Å²) < 4.78 is 10.6. The van der Waals surface area contributed by atoms with Crippen molar-refractivity contribution >= 4 is 39.7 Å². The fourth-order valence-corrected chi connectivity index (χ4v) is 3.35. The van der Waals surface area contributed by atoms with Crippen molar-refractivity contribution in [3.63, 3.8) is 0 Å². The lowest BCUT2D eigenvalue weighted by atomic mass is 10.3. The Labute approximate surface area is 151 Å². The summed E-state index contributed by atoms with van der Waals surface area (Å²) in [6.07, 6.45) is -0.0512. The van der Waals surface area contributed by atoms with Gasteiger partial charge >= 0.3 is 5.97 Å². The topological polar surface area (TPSA) is 94.3 Å². The monoisotopic (exact) mass is 377 g/mol. The summed E-state index contributed by atoms with van der Waals surface area (Å²) in [5.41, 5.74) is 1.32. The van der Waals surface area contributed by atoms with Gasteiger partial charge in [-0.2, -0.15) is 0 Å². The molecule has 0 atom stereocenters. The van der Waals surface area contributed by atoms with Crippen LogP contribution in [0, 0.1) is 13.8 Å². The molecule has 3 rings (SSSR count). The first kappa shape index (κ1) is 17.3. The van der Waals surface area contributed by atoms with Gasteiger partial charge in [-0.25, -0.2) is 9.97 Å². The Hall–Kier alpha value is -2.52. The zero-order chi connectivity index (χ0) is 17.8. The van der Waals surface area contributed by atoms with Gasteiger partial charge in [0, 0.05) is 5.38 Å². The van der Waals surface area contributed by atoms with E-state index in [4.69, 9.17) is 9.15 Å². The number of thiophene rings is 1. The first-order chi connectivity index (χ1) is 12.0. The molecule has 0 fully saturated rings. The predicted molar refractivity (Wildman–Crippen MR) is 94.7 cm³/mol. The fourth-order valence-electron chi connectivity index (χ4n) is 2.00. The number of esters is 1. The minimum Gasteiger partial charge on any atom is -0.455 e. The number of hydrogen-bond donors (Lipinski definition) is 1. The third-order valence-corrected chi connectivity index (χ3v) is 4.90. The molecule has 3 heterocycles. The second-order valence-electron chi connectivity index (χ2n) is 5.18. The number of oxazole rings is 1. The minimum atomic E-state index is -0.542. The molecule has 130 valence electrons. The molecule has 0 saturated carbocycles. The molecule has 0 bridgehead atoms.